The number of thiazole rings is 1. The second kappa shape index (κ2) is 5.94. The van der Waals surface area contributed by atoms with E-state index in [-0.39, 0.29) is 5.69 Å². The average molecular weight is 351 g/mol. The summed E-state index contributed by atoms with van der Waals surface area (Å²) in [6, 6.07) is 2.83. The number of hydrogen-bond donors (Lipinski definition) is 1. The summed E-state index contributed by atoms with van der Waals surface area (Å²) in [6.45, 7) is 5.85. The Kier molecular flexibility index (Phi) is 3.90. The predicted molar refractivity (Wildman–Crippen MR) is 91.7 cm³/mol. The number of rotatable bonds is 1. The molecule has 2 aliphatic rings. The number of benzene rings is 1. The Morgan fingerprint density at radius 2 is 1.92 bits per heavy atom. The van der Waals surface area contributed by atoms with Crippen molar-refractivity contribution in [3.05, 3.63) is 34.5 Å². The Balaban J connectivity index is 1.84. The van der Waals surface area contributed by atoms with E-state index < -0.39 is 11.6 Å². The Morgan fingerprint density at radius 1 is 1.17 bits per heavy atom. The molecule has 4 rings (SSSR count). The summed E-state index contributed by atoms with van der Waals surface area (Å²) in [7, 11) is 2.09. The van der Waals surface area contributed by atoms with Gasteiger partial charge in [0.05, 0.1) is 28.6 Å². The third kappa shape index (κ3) is 2.54. The van der Waals surface area contributed by atoms with Crippen molar-refractivity contribution in [3.8, 4) is 0 Å². The molecule has 0 unspecified atom stereocenters. The molecule has 1 aromatic carbocycles. The van der Waals surface area contributed by atoms with Gasteiger partial charge in [-0.15, -0.1) is 0 Å². The molecule has 0 atom stereocenters. The molecular weight excluding hydrogens is 332 g/mol. The second-order valence-electron chi connectivity index (χ2n) is 6.16. The van der Waals surface area contributed by atoms with Gasteiger partial charge in [0.1, 0.15) is 5.00 Å². The number of aryl methyl sites for hydroxylation is 1. The van der Waals surface area contributed by atoms with Crippen LogP contribution in [0.3, 0.4) is 0 Å². The van der Waals surface area contributed by atoms with Gasteiger partial charge in [0, 0.05) is 26.2 Å². The standard InChI is InChI=1S/C16H19F2N5S/c1-10-20-12-9-19-15-13(4-3-11(17)14(15)18)23(16(12)24-10)22-7-5-21(2)6-8-22/h3-4,19H,5-9H2,1-2H3. The molecule has 0 aliphatic carbocycles. The molecule has 0 spiro atoms. The van der Waals surface area contributed by atoms with Crippen molar-refractivity contribution in [1.29, 1.82) is 0 Å². The van der Waals surface area contributed by atoms with Crippen LogP contribution >= 0.6 is 11.3 Å². The van der Waals surface area contributed by atoms with Gasteiger partial charge in [0.15, 0.2) is 11.6 Å². The Morgan fingerprint density at radius 3 is 2.67 bits per heavy atom. The number of nitrogens with zero attached hydrogens (tertiary/aromatic N) is 4. The van der Waals surface area contributed by atoms with Crippen LogP contribution in [0, 0.1) is 18.6 Å². The minimum absolute atomic E-state index is 0.205. The molecule has 1 N–H and O–H groups in total. The molecule has 0 amide bonds. The van der Waals surface area contributed by atoms with E-state index in [1.165, 1.54) is 6.07 Å². The highest BCUT2D eigenvalue weighted by atomic mass is 32.1. The average Bonchev–Trinajstić information content (AvgIpc) is 2.85. The van der Waals surface area contributed by atoms with Gasteiger partial charge in [0.25, 0.3) is 0 Å². The van der Waals surface area contributed by atoms with Crippen LogP contribution in [0.15, 0.2) is 12.1 Å². The van der Waals surface area contributed by atoms with Crippen molar-refractivity contribution < 1.29 is 8.78 Å². The van der Waals surface area contributed by atoms with Gasteiger partial charge in [-0.3, -0.25) is 5.01 Å². The van der Waals surface area contributed by atoms with Crippen LogP contribution < -0.4 is 10.3 Å². The molecular formula is C16H19F2N5S. The molecule has 2 aliphatic heterocycles. The van der Waals surface area contributed by atoms with E-state index in [4.69, 9.17) is 0 Å². The lowest BCUT2D eigenvalue weighted by Crippen LogP contribution is -2.51. The van der Waals surface area contributed by atoms with Crippen LogP contribution in [0.2, 0.25) is 0 Å². The topological polar surface area (TPSA) is 34.6 Å². The summed E-state index contributed by atoms with van der Waals surface area (Å²) in [5, 5.41) is 9.19. The number of likely N-dealkylation sites (N-methyl/N-ethyl adjacent to an activating group) is 1. The summed E-state index contributed by atoms with van der Waals surface area (Å²) in [6.07, 6.45) is 0. The number of nitrogens with one attached hydrogen (secondary N) is 1. The molecule has 5 nitrogen and oxygen atoms in total. The summed E-state index contributed by atoms with van der Waals surface area (Å²) >= 11 is 1.58. The van der Waals surface area contributed by atoms with Crippen LogP contribution in [-0.4, -0.2) is 48.1 Å². The number of piperazine rings is 1. The van der Waals surface area contributed by atoms with Crippen molar-refractivity contribution in [2.45, 2.75) is 13.5 Å². The SMILES string of the molecule is Cc1nc2c(s1)N(N1CCN(C)CC1)c1ccc(F)c(F)c1NC2. The quantitative estimate of drug-likeness (QED) is 0.855. The normalized spacial score (nSPS) is 18.8. The number of hydrogen-bond acceptors (Lipinski definition) is 6. The fourth-order valence-electron chi connectivity index (χ4n) is 3.18. The van der Waals surface area contributed by atoms with Crippen molar-refractivity contribution in [3.63, 3.8) is 0 Å². The molecule has 0 bridgehead atoms. The molecule has 24 heavy (non-hydrogen) atoms. The second-order valence-corrected chi connectivity index (χ2v) is 7.34. The number of aromatic nitrogens is 1. The number of fused-ring (bicyclic) bond motifs is 2. The fourth-order valence-corrected chi connectivity index (χ4v) is 4.16. The van der Waals surface area contributed by atoms with E-state index in [0.717, 1.165) is 41.9 Å². The highest BCUT2D eigenvalue weighted by molar-refractivity contribution is 7.15. The highest BCUT2D eigenvalue weighted by Crippen LogP contribution is 2.43. The van der Waals surface area contributed by atoms with Crippen LogP contribution in [0.4, 0.5) is 25.2 Å². The van der Waals surface area contributed by atoms with E-state index in [1.54, 1.807) is 17.4 Å². The third-order valence-electron chi connectivity index (χ3n) is 4.47. The lowest BCUT2D eigenvalue weighted by atomic mass is 10.2. The van der Waals surface area contributed by atoms with E-state index >= 15 is 0 Å². The molecule has 0 saturated carbocycles. The van der Waals surface area contributed by atoms with Crippen LogP contribution in [0.5, 0.6) is 0 Å². The minimum Gasteiger partial charge on any atom is -0.375 e. The van der Waals surface area contributed by atoms with Gasteiger partial charge < -0.3 is 10.2 Å². The number of anilines is 3. The van der Waals surface area contributed by atoms with Gasteiger partial charge in [-0.05, 0) is 26.1 Å². The first kappa shape index (κ1) is 15.7. The van der Waals surface area contributed by atoms with Crippen molar-refractivity contribution in [2.24, 2.45) is 0 Å². The van der Waals surface area contributed by atoms with E-state index in [9.17, 15) is 8.78 Å². The first-order valence-electron chi connectivity index (χ1n) is 7.96. The summed E-state index contributed by atoms with van der Waals surface area (Å²) < 4.78 is 28.1. The zero-order valence-corrected chi connectivity index (χ0v) is 14.5. The van der Waals surface area contributed by atoms with E-state index in [2.05, 4.69) is 27.3 Å². The molecule has 0 radical (unpaired) electrons. The lowest BCUT2D eigenvalue weighted by Gasteiger charge is -2.40. The Hall–Kier alpha value is -1.77. The molecule has 128 valence electrons. The Bertz CT molecular complexity index is 770. The summed E-state index contributed by atoms with van der Waals surface area (Å²) in [5.74, 6) is -1.67. The minimum atomic E-state index is -0.839. The molecule has 1 saturated heterocycles. The summed E-state index contributed by atoms with van der Waals surface area (Å²) in [5.41, 5.74) is 1.71. The van der Waals surface area contributed by atoms with Gasteiger partial charge in [0.2, 0.25) is 0 Å². The molecule has 2 aromatic rings. The summed E-state index contributed by atoms with van der Waals surface area (Å²) in [4.78, 5) is 6.83. The number of halogens is 2. The van der Waals surface area contributed by atoms with Crippen molar-refractivity contribution >= 4 is 27.7 Å². The smallest absolute Gasteiger partial charge is 0.184 e. The van der Waals surface area contributed by atoms with Crippen molar-refractivity contribution in [2.75, 3.05) is 43.6 Å². The zero-order chi connectivity index (χ0) is 16.8. The first-order valence-corrected chi connectivity index (χ1v) is 8.78. The first-order chi connectivity index (χ1) is 11.5. The largest absolute Gasteiger partial charge is 0.375 e. The van der Waals surface area contributed by atoms with Crippen LogP contribution in [0.25, 0.3) is 0 Å². The molecule has 3 heterocycles. The van der Waals surface area contributed by atoms with Gasteiger partial charge in [-0.25, -0.2) is 18.8 Å². The van der Waals surface area contributed by atoms with E-state index in [0.29, 0.717) is 12.2 Å². The zero-order valence-electron chi connectivity index (χ0n) is 13.6. The van der Waals surface area contributed by atoms with Gasteiger partial charge in [-0.1, -0.05) is 11.3 Å². The fraction of sp³-hybridized carbons (Fsp3) is 0.438. The van der Waals surface area contributed by atoms with Crippen molar-refractivity contribution in [1.82, 2.24) is 14.9 Å². The molecule has 1 aromatic heterocycles. The molecule has 8 heteroatoms. The Labute approximate surface area is 143 Å². The molecule has 1 fully saturated rings. The van der Waals surface area contributed by atoms with E-state index in [1.807, 2.05) is 11.9 Å². The predicted octanol–water partition coefficient (Wildman–Crippen LogP) is 2.96. The number of hydrazine groups is 1. The maximum atomic E-state index is 14.4. The maximum Gasteiger partial charge on any atom is 0.184 e. The van der Waals surface area contributed by atoms with Crippen LogP contribution in [-0.2, 0) is 6.54 Å². The monoisotopic (exact) mass is 351 g/mol. The third-order valence-corrected chi connectivity index (χ3v) is 5.46. The van der Waals surface area contributed by atoms with Gasteiger partial charge >= 0.3 is 0 Å². The maximum absolute atomic E-state index is 14.4. The lowest BCUT2D eigenvalue weighted by molar-refractivity contribution is 0.155. The van der Waals surface area contributed by atoms with Gasteiger partial charge in [-0.2, -0.15) is 0 Å². The highest BCUT2D eigenvalue weighted by Gasteiger charge is 2.32. The van der Waals surface area contributed by atoms with Crippen LogP contribution in [0.1, 0.15) is 10.7 Å².